The number of amides is 1. The molecule has 1 atom stereocenters. The summed E-state index contributed by atoms with van der Waals surface area (Å²) in [4.78, 5) is 16.2. The third-order valence-electron chi connectivity index (χ3n) is 4.61. The van der Waals surface area contributed by atoms with Crippen LogP contribution in [0.2, 0.25) is 0 Å². The van der Waals surface area contributed by atoms with Crippen molar-refractivity contribution in [1.82, 2.24) is 14.7 Å². The first-order chi connectivity index (χ1) is 11.7. The Hall–Kier alpha value is -2.40. The molecule has 0 saturated heterocycles. The van der Waals surface area contributed by atoms with Gasteiger partial charge in [-0.3, -0.25) is 9.48 Å². The predicted molar refractivity (Wildman–Crippen MR) is 95.2 cm³/mol. The Morgan fingerprint density at radius 3 is 2.96 bits per heavy atom. The molecule has 0 radical (unpaired) electrons. The van der Waals surface area contributed by atoms with Gasteiger partial charge in [0, 0.05) is 17.6 Å². The summed E-state index contributed by atoms with van der Waals surface area (Å²) in [7, 11) is 0. The molecule has 122 valence electrons. The average Bonchev–Trinajstić information content (AvgIpc) is 3.25. The first-order valence-electron chi connectivity index (χ1n) is 8.16. The second kappa shape index (κ2) is 6.24. The van der Waals surface area contributed by atoms with Gasteiger partial charge in [0.25, 0.3) is 5.91 Å². The zero-order valence-corrected chi connectivity index (χ0v) is 14.4. The molecule has 5 heteroatoms. The van der Waals surface area contributed by atoms with E-state index in [1.54, 1.807) is 17.5 Å². The van der Waals surface area contributed by atoms with E-state index in [2.05, 4.69) is 35.6 Å². The van der Waals surface area contributed by atoms with Crippen LogP contribution in [0.3, 0.4) is 0 Å². The lowest BCUT2D eigenvalue weighted by Crippen LogP contribution is -2.38. The molecular formula is C19H19N3OS. The van der Waals surface area contributed by atoms with Crippen molar-refractivity contribution < 1.29 is 4.79 Å². The molecule has 3 aromatic rings. The number of fused-ring (bicyclic) bond motifs is 1. The number of aromatic nitrogens is 2. The smallest absolute Gasteiger partial charge is 0.257 e. The van der Waals surface area contributed by atoms with Crippen LogP contribution in [-0.4, -0.2) is 27.1 Å². The summed E-state index contributed by atoms with van der Waals surface area (Å²) in [5.74, 6) is 0.0682. The molecule has 4 nitrogen and oxygen atoms in total. The van der Waals surface area contributed by atoms with E-state index in [0.717, 1.165) is 13.0 Å². The van der Waals surface area contributed by atoms with Crippen molar-refractivity contribution in [1.29, 1.82) is 0 Å². The van der Waals surface area contributed by atoms with Crippen molar-refractivity contribution in [2.75, 3.05) is 6.54 Å². The van der Waals surface area contributed by atoms with E-state index >= 15 is 0 Å². The Morgan fingerprint density at radius 2 is 2.12 bits per heavy atom. The summed E-state index contributed by atoms with van der Waals surface area (Å²) in [6, 6.07) is 12.4. The van der Waals surface area contributed by atoms with Crippen LogP contribution in [0.15, 0.2) is 54.2 Å². The molecule has 4 rings (SSSR count). The topological polar surface area (TPSA) is 38.1 Å². The first kappa shape index (κ1) is 15.1. The minimum Gasteiger partial charge on any atom is -0.331 e. The number of benzene rings is 1. The van der Waals surface area contributed by atoms with Crippen LogP contribution in [0.5, 0.6) is 0 Å². The van der Waals surface area contributed by atoms with Gasteiger partial charge in [0.2, 0.25) is 0 Å². The Morgan fingerprint density at radius 1 is 1.29 bits per heavy atom. The van der Waals surface area contributed by atoms with E-state index < -0.39 is 0 Å². The van der Waals surface area contributed by atoms with Crippen molar-refractivity contribution in [3.05, 3.63) is 75.7 Å². The Balaban J connectivity index is 1.51. The number of nitrogens with zero attached hydrogens (tertiary/aromatic N) is 3. The molecule has 0 fully saturated rings. The second-order valence-corrected chi connectivity index (χ2v) is 7.14. The molecule has 1 amide bonds. The zero-order valence-electron chi connectivity index (χ0n) is 13.6. The van der Waals surface area contributed by atoms with Gasteiger partial charge in [-0.1, -0.05) is 30.3 Å². The SMILES string of the molecule is C[C@H]1c2ccsc2CCN1C(=O)c1cnn(Cc2ccccc2)c1. The average molecular weight is 337 g/mol. The summed E-state index contributed by atoms with van der Waals surface area (Å²) >= 11 is 1.79. The third kappa shape index (κ3) is 2.76. The lowest BCUT2D eigenvalue weighted by molar-refractivity contribution is 0.0679. The summed E-state index contributed by atoms with van der Waals surface area (Å²) in [5, 5.41) is 6.48. The monoisotopic (exact) mass is 337 g/mol. The van der Waals surface area contributed by atoms with Crippen molar-refractivity contribution in [2.45, 2.75) is 25.9 Å². The molecule has 0 saturated carbocycles. The molecule has 1 aliphatic heterocycles. The lowest BCUT2D eigenvalue weighted by atomic mass is 10.0. The molecule has 1 aliphatic rings. The molecule has 0 unspecified atom stereocenters. The second-order valence-electron chi connectivity index (χ2n) is 6.14. The van der Waals surface area contributed by atoms with E-state index in [1.807, 2.05) is 34.0 Å². The van der Waals surface area contributed by atoms with Crippen molar-refractivity contribution in [3.63, 3.8) is 0 Å². The maximum Gasteiger partial charge on any atom is 0.257 e. The number of carbonyl (C=O) groups excluding carboxylic acids is 1. The quantitative estimate of drug-likeness (QED) is 0.730. The standard InChI is InChI=1S/C19H19N3OS/c1-14-17-8-10-24-18(17)7-9-22(14)19(23)16-11-20-21(13-16)12-15-5-3-2-4-6-15/h2-6,8,10-11,13-14H,7,9,12H2,1H3/t14-/m0/s1. The molecule has 3 heterocycles. The van der Waals surface area contributed by atoms with Gasteiger partial charge in [0.1, 0.15) is 0 Å². The highest BCUT2D eigenvalue weighted by Crippen LogP contribution is 2.33. The van der Waals surface area contributed by atoms with E-state index in [0.29, 0.717) is 12.1 Å². The lowest BCUT2D eigenvalue weighted by Gasteiger charge is -2.33. The Bertz CT molecular complexity index is 852. The van der Waals surface area contributed by atoms with Crippen molar-refractivity contribution in [3.8, 4) is 0 Å². The van der Waals surface area contributed by atoms with Crippen LogP contribution in [0.25, 0.3) is 0 Å². The molecule has 2 aromatic heterocycles. The number of hydrogen-bond acceptors (Lipinski definition) is 3. The largest absolute Gasteiger partial charge is 0.331 e. The van der Waals surface area contributed by atoms with Gasteiger partial charge in [-0.05, 0) is 35.9 Å². The van der Waals surface area contributed by atoms with Crippen LogP contribution < -0.4 is 0 Å². The fourth-order valence-electron chi connectivity index (χ4n) is 3.28. The normalized spacial score (nSPS) is 16.9. The predicted octanol–water partition coefficient (Wildman–Crippen LogP) is 3.75. The Kier molecular flexibility index (Phi) is 3.94. The van der Waals surface area contributed by atoms with Crippen LogP contribution in [0, 0.1) is 0 Å². The third-order valence-corrected chi connectivity index (χ3v) is 5.60. The fourth-order valence-corrected chi connectivity index (χ4v) is 4.25. The highest BCUT2D eigenvalue weighted by molar-refractivity contribution is 7.10. The van der Waals surface area contributed by atoms with Gasteiger partial charge >= 0.3 is 0 Å². The van der Waals surface area contributed by atoms with E-state index in [9.17, 15) is 4.79 Å². The minimum absolute atomic E-state index is 0.0682. The molecule has 0 N–H and O–H groups in total. The summed E-state index contributed by atoms with van der Waals surface area (Å²) in [6.07, 6.45) is 4.48. The maximum atomic E-state index is 12.9. The van der Waals surface area contributed by atoms with Gasteiger partial charge < -0.3 is 4.90 Å². The van der Waals surface area contributed by atoms with Crippen LogP contribution in [-0.2, 0) is 13.0 Å². The molecule has 1 aromatic carbocycles. The number of thiophene rings is 1. The molecule has 24 heavy (non-hydrogen) atoms. The van der Waals surface area contributed by atoms with Gasteiger partial charge in [-0.15, -0.1) is 11.3 Å². The zero-order chi connectivity index (χ0) is 16.5. The van der Waals surface area contributed by atoms with E-state index in [4.69, 9.17) is 0 Å². The minimum atomic E-state index is 0.0682. The van der Waals surface area contributed by atoms with Gasteiger partial charge in [0.05, 0.1) is 24.3 Å². The maximum absolute atomic E-state index is 12.9. The van der Waals surface area contributed by atoms with Gasteiger partial charge in [-0.25, -0.2) is 0 Å². The molecular weight excluding hydrogens is 318 g/mol. The number of carbonyl (C=O) groups is 1. The molecule has 0 bridgehead atoms. The molecule has 0 aliphatic carbocycles. The summed E-state index contributed by atoms with van der Waals surface area (Å²) < 4.78 is 1.83. The van der Waals surface area contributed by atoms with Crippen LogP contribution >= 0.6 is 11.3 Å². The molecule has 0 spiro atoms. The highest BCUT2D eigenvalue weighted by Gasteiger charge is 2.29. The van der Waals surface area contributed by atoms with Gasteiger partial charge in [0.15, 0.2) is 0 Å². The number of rotatable bonds is 3. The van der Waals surface area contributed by atoms with Crippen LogP contribution in [0.4, 0.5) is 0 Å². The van der Waals surface area contributed by atoms with E-state index in [1.165, 1.54) is 16.0 Å². The van der Waals surface area contributed by atoms with Gasteiger partial charge in [-0.2, -0.15) is 5.10 Å². The first-order valence-corrected chi connectivity index (χ1v) is 9.04. The van der Waals surface area contributed by atoms with Crippen molar-refractivity contribution >= 4 is 17.2 Å². The van der Waals surface area contributed by atoms with E-state index in [-0.39, 0.29) is 11.9 Å². The van der Waals surface area contributed by atoms with Crippen molar-refractivity contribution in [2.24, 2.45) is 0 Å². The fraction of sp³-hybridized carbons (Fsp3) is 0.263. The number of hydrogen-bond donors (Lipinski definition) is 0. The summed E-state index contributed by atoms with van der Waals surface area (Å²) in [5.41, 5.74) is 3.13. The summed E-state index contributed by atoms with van der Waals surface area (Å²) in [6.45, 7) is 3.56. The van der Waals surface area contributed by atoms with Crippen LogP contribution in [0.1, 0.15) is 39.3 Å². The Labute approximate surface area is 145 Å². The highest BCUT2D eigenvalue weighted by atomic mass is 32.1.